The van der Waals surface area contributed by atoms with Gasteiger partial charge in [0.05, 0.1) is 12.5 Å². The Kier molecular flexibility index (Phi) is 5.16. The number of halogens is 1. The highest BCUT2D eigenvalue weighted by Crippen LogP contribution is 2.20. The monoisotopic (exact) mass is 253 g/mol. The topological polar surface area (TPSA) is 46.2 Å². The minimum atomic E-state index is -0.246. The number of hydrogen-bond donors (Lipinski definition) is 1. The summed E-state index contributed by atoms with van der Waals surface area (Å²) in [5.74, 6) is -0.382. The predicted octanol–water partition coefficient (Wildman–Crippen LogP) is 2.89. The van der Waals surface area contributed by atoms with Crippen molar-refractivity contribution in [3.05, 3.63) is 34.9 Å². The molecule has 1 rings (SSSR count). The number of Topliss-reactive ketones (excluding diaryl/α,β-unsaturated/α-hetero) is 1. The van der Waals surface area contributed by atoms with Crippen molar-refractivity contribution in [1.29, 1.82) is 0 Å². The number of rotatable bonds is 5. The number of ketones is 1. The van der Waals surface area contributed by atoms with Crippen LogP contribution in [0.25, 0.3) is 0 Å². The number of carbonyl (C=O) groups is 2. The zero-order chi connectivity index (χ0) is 12.8. The molecular weight excluding hydrogens is 238 g/mol. The van der Waals surface area contributed by atoms with Crippen LogP contribution in [-0.2, 0) is 9.59 Å². The molecule has 0 saturated carbocycles. The zero-order valence-electron chi connectivity index (χ0n) is 10.00. The number of amides is 1. The van der Waals surface area contributed by atoms with Gasteiger partial charge in [-0.15, -0.1) is 0 Å². The maximum Gasteiger partial charge on any atom is 0.227 e. The van der Waals surface area contributed by atoms with Gasteiger partial charge in [0.1, 0.15) is 5.78 Å². The van der Waals surface area contributed by atoms with Crippen LogP contribution in [0, 0.1) is 0 Å². The van der Waals surface area contributed by atoms with E-state index in [4.69, 9.17) is 11.6 Å². The Morgan fingerprint density at radius 2 is 2.12 bits per heavy atom. The van der Waals surface area contributed by atoms with E-state index in [-0.39, 0.29) is 24.2 Å². The average Bonchev–Trinajstić information content (AvgIpc) is 2.24. The number of nitrogens with one attached hydrogen (secondary N) is 1. The molecule has 0 spiro atoms. The lowest BCUT2D eigenvalue weighted by Crippen LogP contribution is -2.29. The van der Waals surface area contributed by atoms with Crippen LogP contribution >= 0.6 is 11.6 Å². The fourth-order valence-corrected chi connectivity index (χ4v) is 1.81. The summed E-state index contributed by atoms with van der Waals surface area (Å²) in [4.78, 5) is 22.3. The summed E-state index contributed by atoms with van der Waals surface area (Å²) >= 11 is 5.90. The van der Waals surface area contributed by atoms with Crippen molar-refractivity contribution in [2.45, 2.75) is 32.7 Å². The molecule has 1 N–H and O–H groups in total. The number of hydrogen-bond acceptors (Lipinski definition) is 2. The van der Waals surface area contributed by atoms with Crippen LogP contribution in [0.4, 0.5) is 0 Å². The summed E-state index contributed by atoms with van der Waals surface area (Å²) in [6.07, 6.45) is 0.682. The molecule has 0 aliphatic heterocycles. The van der Waals surface area contributed by atoms with E-state index in [1.807, 2.05) is 25.1 Å². The Balaban J connectivity index is 2.72. The summed E-state index contributed by atoms with van der Waals surface area (Å²) in [6.45, 7) is 3.37. The highest BCUT2D eigenvalue weighted by molar-refractivity contribution is 6.30. The first-order chi connectivity index (χ1) is 8.02. The van der Waals surface area contributed by atoms with Crippen LogP contribution in [-0.4, -0.2) is 11.7 Å². The van der Waals surface area contributed by atoms with Crippen LogP contribution in [0.15, 0.2) is 24.3 Å². The van der Waals surface area contributed by atoms with Gasteiger partial charge in [0.25, 0.3) is 0 Å². The van der Waals surface area contributed by atoms with Crippen molar-refractivity contribution in [3.8, 4) is 0 Å². The SMILES string of the molecule is CCC(NC(=O)CC(C)=O)c1cccc(Cl)c1. The number of carbonyl (C=O) groups excluding carboxylic acids is 2. The van der Waals surface area contributed by atoms with Gasteiger partial charge < -0.3 is 5.32 Å². The molecule has 0 radical (unpaired) electrons. The highest BCUT2D eigenvalue weighted by Gasteiger charge is 2.13. The molecule has 1 unspecified atom stereocenters. The van der Waals surface area contributed by atoms with E-state index in [1.165, 1.54) is 6.92 Å². The molecule has 92 valence electrons. The second kappa shape index (κ2) is 6.40. The van der Waals surface area contributed by atoms with Gasteiger partial charge in [0, 0.05) is 5.02 Å². The Bertz CT molecular complexity index is 418. The van der Waals surface area contributed by atoms with Gasteiger partial charge in [-0.05, 0) is 31.0 Å². The van der Waals surface area contributed by atoms with Crippen LogP contribution in [0.3, 0.4) is 0 Å². The highest BCUT2D eigenvalue weighted by atomic mass is 35.5. The maximum atomic E-state index is 11.5. The standard InChI is InChI=1S/C13H16ClNO2/c1-3-12(15-13(17)7-9(2)16)10-5-4-6-11(14)8-10/h4-6,8,12H,3,7H2,1-2H3,(H,15,17). The Hall–Kier alpha value is -1.35. The van der Waals surface area contributed by atoms with E-state index >= 15 is 0 Å². The molecule has 17 heavy (non-hydrogen) atoms. The van der Waals surface area contributed by atoms with Crippen LogP contribution in [0.2, 0.25) is 5.02 Å². The van der Waals surface area contributed by atoms with Crippen molar-refractivity contribution in [1.82, 2.24) is 5.32 Å². The molecule has 0 heterocycles. The van der Waals surface area contributed by atoms with E-state index in [9.17, 15) is 9.59 Å². The predicted molar refractivity (Wildman–Crippen MR) is 67.9 cm³/mol. The van der Waals surface area contributed by atoms with Gasteiger partial charge in [-0.25, -0.2) is 0 Å². The molecule has 0 aromatic heterocycles. The third-order valence-corrected chi connectivity index (χ3v) is 2.64. The van der Waals surface area contributed by atoms with Gasteiger partial charge in [0.2, 0.25) is 5.91 Å². The van der Waals surface area contributed by atoms with Gasteiger partial charge in [-0.1, -0.05) is 30.7 Å². The molecule has 0 saturated heterocycles. The van der Waals surface area contributed by atoms with Crippen LogP contribution in [0.5, 0.6) is 0 Å². The lowest BCUT2D eigenvalue weighted by atomic mass is 10.0. The second-order valence-electron chi connectivity index (χ2n) is 3.96. The molecule has 0 fully saturated rings. The smallest absolute Gasteiger partial charge is 0.227 e. The van der Waals surface area contributed by atoms with Crippen LogP contribution in [0.1, 0.15) is 38.3 Å². The van der Waals surface area contributed by atoms with Gasteiger partial charge in [-0.3, -0.25) is 9.59 Å². The number of benzene rings is 1. The summed E-state index contributed by atoms with van der Waals surface area (Å²) in [5, 5.41) is 3.46. The molecule has 0 bridgehead atoms. The molecule has 0 aliphatic rings. The fourth-order valence-electron chi connectivity index (χ4n) is 1.62. The maximum absolute atomic E-state index is 11.5. The minimum absolute atomic E-state index is 0.0724. The largest absolute Gasteiger partial charge is 0.349 e. The van der Waals surface area contributed by atoms with E-state index in [1.54, 1.807) is 6.07 Å². The van der Waals surface area contributed by atoms with Gasteiger partial charge >= 0.3 is 0 Å². The molecule has 0 aliphatic carbocycles. The second-order valence-corrected chi connectivity index (χ2v) is 4.40. The van der Waals surface area contributed by atoms with E-state index in [2.05, 4.69) is 5.32 Å². The third-order valence-electron chi connectivity index (χ3n) is 2.40. The lowest BCUT2D eigenvalue weighted by Gasteiger charge is -2.17. The molecule has 1 atom stereocenters. The van der Waals surface area contributed by atoms with Crippen molar-refractivity contribution in [2.24, 2.45) is 0 Å². The van der Waals surface area contributed by atoms with E-state index in [0.29, 0.717) is 5.02 Å². The zero-order valence-corrected chi connectivity index (χ0v) is 10.8. The van der Waals surface area contributed by atoms with Crippen molar-refractivity contribution in [3.63, 3.8) is 0 Å². The van der Waals surface area contributed by atoms with Gasteiger partial charge in [0.15, 0.2) is 0 Å². The quantitative estimate of drug-likeness (QED) is 0.821. The first kappa shape index (κ1) is 13.7. The Morgan fingerprint density at radius 1 is 1.41 bits per heavy atom. The first-order valence-corrected chi connectivity index (χ1v) is 5.95. The fraction of sp³-hybridized carbons (Fsp3) is 0.385. The molecule has 1 aromatic carbocycles. The van der Waals surface area contributed by atoms with Crippen molar-refractivity contribution in [2.75, 3.05) is 0 Å². The summed E-state index contributed by atoms with van der Waals surface area (Å²) < 4.78 is 0. The molecule has 3 nitrogen and oxygen atoms in total. The molecular formula is C13H16ClNO2. The van der Waals surface area contributed by atoms with E-state index in [0.717, 1.165) is 12.0 Å². The van der Waals surface area contributed by atoms with E-state index < -0.39 is 0 Å². The molecule has 4 heteroatoms. The normalized spacial score (nSPS) is 11.9. The van der Waals surface area contributed by atoms with Gasteiger partial charge in [-0.2, -0.15) is 0 Å². The summed E-state index contributed by atoms with van der Waals surface area (Å²) in [6, 6.07) is 7.27. The average molecular weight is 254 g/mol. The first-order valence-electron chi connectivity index (χ1n) is 5.57. The van der Waals surface area contributed by atoms with Crippen molar-refractivity contribution >= 4 is 23.3 Å². The summed E-state index contributed by atoms with van der Waals surface area (Å²) in [7, 11) is 0. The summed E-state index contributed by atoms with van der Waals surface area (Å²) in [5.41, 5.74) is 0.955. The van der Waals surface area contributed by atoms with Crippen LogP contribution < -0.4 is 5.32 Å². The molecule has 1 amide bonds. The minimum Gasteiger partial charge on any atom is -0.349 e. The Morgan fingerprint density at radius 3 is 2.65 bits per heavy atom. The molecule has 1 aromatic rings. The third kappa shape index (κ3) is 4.57. The Labute approximate surface area is 106 Å². The van der Waals surface area contributed by atoms with Crippen molar-refractivity contribution < 1.29 is 9.59 Å². The lowest BCUT2D eigenvalue weighted by molar-refractivity contribution is -0.127.